The van der Waals surface area contributed by atoms with E-state index in [0.29, 0.717) is 6.54 Å². The van der Waals surface area contributed by atoms with Crippen LogP contribution in [0.3, 0.4) is 0 Å². The molecule has 0 fully saturated rings. The summed E-state index contributed by atoms with van der Waals surface area (Å²) in [4.78, 5) is 0. The van der Waals surface area contributed by atoms with Gasteiger partial charge in [-0.3, -0.25) is 4.68 Å². The number of halogens is 1. The van der Waals surface area contributed by atoms with Crippen LogP contribution in [0.1, 0.15) is 32.0 Å². The van der Waals surface area contributed by atoms with E-state index in [1.54, 1.807) is 18.3 Å². The van der Waals surface area contributed by atoms with E-state index in [1.807, 2.05) is 10.7 Å². The van der Waals surface area contributed by atoms with Crippen molar-refractivity contribution < 1.29 is 4.39 Å². The average molecular weight is 261 g/mol. The molecule has 0 bridgehead atoms. The van der Waals surface area contributed by atoms with Crippen LogP contribution in [0.25, 0.3) is 0 Å². The van der Waals surface area contributed by atoms with Crippen LogP contribution in [0.2, 0.25) is 0 Å². The Morgan fingerprint density at radius 3 is 2.47 bits per heavy atom. The monoisotopic (exact) mass is 261 g/mol. The minimum absolute atomic E-state index is 0.0744. The van der Waals surface area contributed by atoms with Crippen molar-refractivity contribution in [1.82, 2.24) is 15.1 Å². The molecule has 0 atom stereocenters. The Kier molecular flexibility index (Phi) is 4.00. The molecule has 0 unspecified atom stereocenters. The predicted molar refractivity (Wildman–Crippen MR) is 74.3 cm³/mol. The lowest BCUT2D eigenvalue weighted by Gasteiger charge is -2.20. The molecule has 0 spiro atoms. The topological polar surface area (TPSA) is 29.9 Å². The number of benzene rings is 1. The van der Waals surface area contributed by atoms with Gasteiger partial charge >= 0.3 is 0 Å². The van der Waals surface area contributed by atoms with Gasteiger partial charge in [-0.2, -0.15) is 5.10 Å². The van der Waals surface area contributed by atoms with Gasteiger partial charge < -0.3 is 5.32 Å². The molecular formula is C15H20FN3. The Balaban J connectivity index is 2.05. The van der Waals surface area contributed by atoms with E-state index in [1.165, 1.54) is 12.1 Å². The zero-order valence-corrected chi connectivity index (χ0v) is 11.7. The van der Waals surface area contributed by atoms with Gasteiger partial charge in [-0.1, -0.05) is 12.1 Å². The van der Waals surface area contributed by atoms with E-state index in [0.717, 1.165) is 17.8 Å². The molecule has 0 aliphatic heterocycles. The Hall–Kier alpha value is -1.68. The van der Waals surface area contributed by atoms with Gasteiger partial charge in [0.15, 0.2) is 0 Å². The lowest BCUT2D eigenvalue weighted by atomic mass is 10.1. The molecule has 1 aromatic carbocycles. The molecule has 2 aromatic rings. The smallest absolute Gasteiger partial charge is 0.123 e. The number of rotatable bonds is 4. The van der Waals surface area contributed by atoms with E-state index in [4.69, 9.17) is 0 Å². The first kappa shape index (κ1) is 13.7. The van der Waals surface area contributed by atoms with Gasteiger partial charge in [0.1, 0.15) is 5.82 Å². The van der Waals surface area contributed by atoms with E-state index >= 15 is 0 Å². The van der Waals surface area contributed by atoms with Gasteiger partial charge in [0, 0.05) is 18.3 Å². The van der Waals surface area contributed by atoms with Crippen LogP contribution < -0.4 is 5.32 Å². The average Bonchev–Trinajstić information content (AvgIpc) is 2.76. The zero-order chi connectivity index (χ0) is 13.9. The summed E-state index contributed by atoms with van der Waals surface area (Å²) in [6.07, 6.45) is 1.79. The highest BCUT2D eigenvalue weighted by Crippen LogP contribution is 2.08. The van der Waals surface area contributed by atoms with Crippen molar-refractivity contribution in [2.24, 2.45) is 0 Å². The van der Waals surface area contributed by atoms with Crippen molar-refractivity contribution >= 4 is 0 Å². The van der Waals surface area contributed by atoms with Crippen molar-refractivity contribution in [2.75, 3.05) is 0 Å². The molecule has 0 saturated carbocycles. The fraction of sp³-hybridized carbons (Fsp3) is 0.400. The molecule has 1 N–H and O–H groups in total. The minimum atomic E-state index is -0.209. The molecule has 3 nitrogen and oxygen atoms in total. The lowest BCUT2D eigenvalue weighted by Crippen LogP contribution is -2.35. The standard InChI is InChI=1S/C15H20FN3/c1-15(2,3)17-10-14-8-9-18-19(14)11-12-4-6-13(16)7-5-12/h4-9,17H,10-11H2,1-3H3. The third-order valence-electron chi connectivity index (χ3n) is 2.85. The number of hydrogen-bond acceptors (Lipinski definition) is 2. The number of aromatic nitrogens is 2. The SMILES string of the molecule is CC(C)(C)NCc1ccnn1Cc1ccc(F)cc1. The molecule has 1 heterocycles. The van der Waals surface area contributed by atoms with Crippen molar-refractivity contribution in [1.29, 1.82) is 0 Å². The summed E-state index contributed by atoms with van der Waals surface area (Å²) < 4.78 is 14.8. The van der Waals surface area contributed by atoms with E-state index < -0.39 is 0 Å². The number of nitrogens with one attached hydrogen (secondary N) is 1. The van der Waals surface area contributed by atoms with Gasteiger partial charge in [0.2, 0.25) is 0 Å². The molecule has 1 aromatic heterocycles. The summed E-state index contributed by atoms with van der Waals surface area (Å²) in [6.45, 7) is 7.83. The second kappa shape index (κ2) is 5.53. The highest BCUT2D eigenvalue weighted by Gasteiger charge is 2.10. The van der Waals surface area contributed by atoms with E-state index in [-0.39, 0.29) is 11.4 Å². The maximum absolute atomic E-state index is 12.9. The Morgan fingerprint density at radius 1 is 1.16 bits per heavy atom. The fourth-order valence-corrected chi connectivity index (χ4v) is 1.77. The third-order valence-corrected chi connectivity index (χ3v) is 2.85. The predicted octanol–water partition coefficient (Wildman–Crippen LogP) is 2.96. The first-order valence-corrected chi connectivity index (χ1v) is 6.44. The maximum atomic E-state index is 12.9. The summed E-state index contributed by atoms with van der Waals surface area (Å²) in [5.41, 5.74) is 2.24. The Morgan fingerprint density at radius 2 is 1.84 bits per heavy atom. The molecule has 0 aliphatic carbocycles. The van der Waals surface area contributed by atoms with Crippen molar-refractivity contribution in [3.05, 3.63) is 53.6 Å². The molecule has 19 heavy (non-hydrogen) atoms. The van der Waals surface area contributed by atoms with Crippen molar-refractivity contribution in [2.45, 2.75) is 39.4 Å². The number of hydrogen-bond donors (Lipinski definition) is 1. The van der Waals surface area contributed by atoms with E-state index in [2.05, 4.69) is 31.2 Å². The third kappa shape index (κ3) is 4.17. The second-order valence-corrected chi connectivity index (χ2v) is 5.71. The summed E-state index contributed by atoms with van der Waals surface area (Å²) in [5, 5.41) is 7.76. The van der Waals surface area contributed by atoms with Crippen LogP contribution in [0, 0.1) is 5.82 Å². The summed E-state index contributed by atoms with van der Waals surface area (Å²) in [5.74, 6) is -0.209. The van der Waals surface area contributed by atoms with Crippen LogP contribution in [-0.2, 0) is 13.1 Å². The van der Waals surface area contributed by atoms with Crippen molar-refractivity contribution in [3.63, 3.8) is 0 Å². The van der Waals surface area contributed by atoms with Gasteiger partial charge in [-0.05, 0) is 44.5 Å². The highest BCUT2D eigenvalue weighted by molar-refractivity contribution is 5.17. The molecular weight excluding hydrogens is 241 g/mol. The molecule has 102 valence electrons. The molecule has 0 saturated heterocycles. The fourth-order valence-electron chi connectivity index (χ4n) is 1.77. The van der Waals surface area contributed by atoms with Crippen molar-refractivity contribution in [3.8, 4) is 0 Å². The quantitative estimate of drug-likeness (QED) is 0.917. The van der Waals surface area contributed by atoms with Gasteiger partial charge in [-0.15, -0.1) is 0 Å². The first-order valence-electron chi connectivity index (χ1n) is 6.44. The Labute approximate surface area is 113 Å². The van der Waals surface area contributed by atoms with Crippen LogP contribution >= 0.6 is 0 Å². The molecule has 0 aliphatic rings. The minimum Gasteiger partial charge on any atom is -0.306 e. The normalized spacial score (nSPS) is 11.8. The highest BCUT2D eigenvalue weighted by atomic mass is 19.1. The summed E-state index contributed by atoms with van der Waals surface area (Å²) in [7, 11) is 0. The van der Waals surface area contributed by atoms with E-state index in [9.17, 15) is 4.39 Å². The molecule has 4 heteroatoms. The maximum Gasteiger partial charge on any atom is 0.123 e. The summed E-state index contributed by atoms with van der Waals surface area (Å²) in [6, 6.07) is 8.54. The van der Waals surface area contributed by atoms with Gasteiger partial charge in [0.05, 0.1) is 12.2 Å². The van der Waals surface area contributed by atoms with Crippen LogP contribution in [0.5, 0.6) is 0 Å². The van der Waals surface area contributed by atoms with Crippen LogP contribution in [0.15, 0.2) is 36.5 Å². The molecule has 2 rings (SSSR count). The van der Waals surface area contributed by atoms with Crippen LogP contribution in [0.4, 0.5) is 4.39 Å². The molecule has 0 radical (unpaired) electrons. The lowest BCUT2D eigenvalue weighted by molar-refractivity contribution is 0.414. The first-order chi connectivity index (χ1) is 8.94. The molecule has 0 amide bonds. The largest absolute Gasteiger partial charge is 0.306 e. The van der Waals surface area contributed by atoms with Gasteiger partial charge in [0.25, 0.3) is 0 Å². The number of nitrogens with zero attached hydrogens (tertiary/aromatic N) is 2. The van der Waals surface area contributed by atoms with Crippen LogP contribution in [-0.4, -0.2) is 15.3 Å². The Bertz CT molecular complexity index is 523. The van der Waals surface area contributed by atoms with Gasteiger partial charge in [-0.25, -0.2) is 4.39 Å². The second-order valence-electron chi connectivity index (χ2n) is 5.71. The summed E-state index contributed by atoms with van der Waals surface area (Å²) >= 11 is 0. The zero-order valence-electron chi connectivity index (χ0n) is 11.7.